The standard InChI is InChI=1S/C11H16O5/c1-5-8(12)3-6-7(10(13)15-2)4-16-11(14)9(5)6/h4-6,8-9,11-12,14H,3H2,1-2H3/t5?,6-,8?,9-,11?/m1/s1. The highest BCUT2D eigenvalue weighted by molar-refractivity contribution is 5.89. The van der Waals surface area contributed by atoms with Crippen LogP contribution < -0.4 is 0 Å². The molecule has 1 aliphatic carbocycles. The molecule has 16 heavy (non-hydrogen) atoms. The molecule has 2 N–H and O–H groups in total. The quantitative estimate of drug-likeness (QED) is 0.619. The van der Waals surface area contributed by atoms with Crippen LogP contribution in [0.15, 0.2) is 11.8 Å². The van der Waals surface area contributed by atoms with Gasteiger partial charge in [0, 0.05) is 11.8 Å². The van der Waals surface area contributed by atoms with Gasteiger partial charge in [0.2, 0.25) is 0 Å². The molecule has 5 nitrogen and oxygen atoms in total. The lowest BCUT2D eigenvalue weighted by Crippen LogP contribution is -2.36. The summed E-state index contributed by atoms with van der Waals surface area (Å²) in [5, 5.41) is 19.5. The normalized spacial score (nSPS) is 42.0. The van der Waals surface area contributed by atoms with Crippen molar-refractivity contribution in [2.45, 2.75) is 25.7 Å². The topological polar surface area (TPSA) is 76.0 Å². The maximum absolute atomic E-state index is 11.5. The highest BCUT2D eigenvalue weighted by Crippen LogP contribution is 2.45. The number of esters is 1. The number of hydrogen-bond acceptors (Lipinski definition) is 5. The number of carbonyl (C=O) groups is 1. The van der Waals surface area contributed by atoms with Crippen molar-refractivity contribution in [2.75, 3.05) is 7.11 Å². The lowest BCUT2D eigenvalue weighted by atomic mass is 9.83. The molecule has 5 atom stereocenters. The summed E-state index contributed by atoms with van der Waals surface area (Å²) in [6.07, 6.45) is 0.250. The van der Waals surface area contributed by atoms with Gasteiger partial charge in [-0.3, -0.25) is 0 Å². The molecule has 0 aromatic carbocycles. The second-order valence-electron chi connectivity index (χ2n) is 4.44. The first-order valence-electron chi connectivity index (χ1n) is 5.36. The van der Waals surface area contributed by atoms with Gasteiger partial charge in [0.25, 0.3) is 0 Å². The lowest BCUT2D eigenvalue weighted by Gasteiger charge is -2.31. The third-order valence-corrected chi connectivity index (χ3v) is 3.66. The SMILES string of the molecule is COC(=O)C1=COC(O)[C@@H]2C(C)C(O)C[C@H]12. The van der Waals surface area contributed by atoms with Gasteiger partial charge in [0.1, 0.15) is 0 Å². The van der Waals surface area contributed by atoms with Crippen LogP contribution in [0.3, 0.4) is 0 Å². The van der Waals surface area contributed by atoms with Crippen LogP contribution in [0.4, 0.5) is 0 Å². The molecule has 1 heterocycles. The number of carbonyl (C=O) groups excluding carboxylic acids is 1. The smallest absolute Gasteiger partial charge is 0.337 e. The van der Waals surface area contributed by atoms with Crippen LogP contribution in [0.2, 0.25) is 0 Å². The van der Waals surface area contributed by atoms with Gasteiger partial charge in [-0.25, -0.2) is 4.79 Å². The van der Waals surface area contributed by atoms with E-state index in [4.69, 9.17) is 4.74 Å². The fourth-order valence-electron chi connectivity index (χ4n) is 2.69. The molecule has 3 unspecified atom stereocenters. The zero-order chi connectivity index (χ0) is 11.9. The number of rotatable bonds is 1. The van der Waals surface area contributed by atoms with Crippen LogP contribution in [0, 0.1) is 17.8 Å². The number of fused-ring (bicyclic) bond motifs is 1. The Morgan fingerprint density at radius 1 is 1.56 bits per heavy atom. The summed E-state index contributed by atoms with van der Waals surface area (Å²) in [5.41, 5.74) is 0.404. The monoisotopic (exact) mass is 228 g/mol. The Hall–Kier alpha value is -1.07. The largest absolute Gasteiger partial charge is 0.472 e. The van der Waals surface area contributed by atoms with E-state index in [0.717, 1.165) is 0 Å². The van der Waals surface area contributed by atoms with Gasteiger partial charge in [-0.15, -0.1) is 0 Å². The van der Waals surface area contributed by atoms with E-state index in [0.29, 0.717) is 12.0 Å². The average molecular weight is 228 g/mol. The van der Waals surface area contributed by atoms with Crippen LogP contribution in [-0.2, 0) is 14.3 Å². The second kappa shape index (κ2) is 4.07. The van der Waals surface area contributed by atoms with E-state index in [2.05, 4.69) is 4.74 Å². The van der Waals surface area contributed by atoms with E-state index in [9.17, 15) is 15.0 Å². The molecule has 0 aromatic rings. The first kappa shape index (κ1) is 11.4. The average Bonchev–Trinajstić information content (AvgIpc) is 2.56. The fourth-order valence-corrected chi connectivity index (χ4v) is 2.69. The first-order chi connectivity index (χ1) is 7.56. The van der Waals surface area contributed by atoms with Crippen molar-refractivity contribution in [3.05, 3.63) is 11.8 Å². The highest BCUT2D eigenvalue weighted by atomic mass is 16.6. The van der Waals surface area contributed by atoms with E-state index >= 15 is 0 Å². The number of hydrogen-bond donors (Lipinski definition) is 2. The van der Waals surface area contributed by atoms with Gasteiger partial charge >= 0.3 is 5.97 Å². The van der Waals surface area contributed by atoms with Gasteiger partial charge < -0.3 is 19.7 Å². The summed E-state index contributed by atoms with van der Waals surface area (Å²) in [4.78, 5) is 11.5. The Balaban J connectivity index is 2.28. The van der Waals surface area contributed by atoms with Crippen molar-refractivity contribution < 1.29 is 24.5 Å². The molecular formula is C11H16O5. The zero-order valence-corrected chi connectivity index (χ0v) is 9.29. The number of aliphatic hydroxyl groups excluding tert-OH is 2. The third-order valence-electron chi connectivity index (χ3n) is 3.66. The van der Waals surface area contributed by atoms with Crippen molar-refractivity contribution in [2.24, 2.45) is 17.8 Å². The summed E-state index contributed by atoms with van der Waals surface area (Å²) < 4.78 is 9.68. The summed E-state index contributed by atoms with van der Waals surface area (Å²) in [5.74, 6) is -0.966. The number of methoxy groups -OCH3 is 1. The van der Waals surface area contributed by atoms with Crippen LogP contribution >= 0.6 is 0 Å². The van der Waals surface area contributed by atoms with Gasteiger partial charge in [-0.2, -0.15) is 0 Å². The van der Waals surface area contributed by atoms with Crippen LogP contribution in [0.25, 0.3) is 0 Å². The zero-order valence-electron chi connectivity index (χ0n) is 9.29. The van der Waals surface area contributed by atoms with Crippen molar-refractivity contribution in [3.63, 3.8) is 0 Å². The Bertz CT molecular complexity index is 324. The molecule has 1 aliphatic heterocycles. The maximum atomic E-state index is 11.5. The minimum atomic E-state index is -0.953. The maximum Gasteiger partial charge on any atom is 0.337 e. The Morgan fingerprint density at radius 3 is 2.88 bits per heavy atom. The van der Waals surface area contributed by atoms with E-state index in [1.54, 1.807) is 0 Å². The Kier molecular flexibility index (Phi) is 2.90. The minimum Gasteiger partial charge on any atom is -0.472 e. The molecule has 0 bridgehead atoms. The van der Waals surface area contributed by atoms with E-state index in [1.807, 2.05) is 6.92 Å². The first-order valence-corrected chi connectivity index (χ1v) is 5.36. The predicted molar refractivity (Wildman–Crippen MR) is 54.0 cm³/mol. The van der Waals surface area contributed by atoms with Gasteiger partial charge in [-0.05, 0) is 12.3 Å². The summed E-state index contributed by atoms with van der Waals surface area (Å²) in [7, 11) is 1.30. The molecule has 5 heteroatoms. The lowest BCUT2D eigenvalue weighted by molar-refractivity contribution is -0.145. The van der Waals surface area contributed by atoms with Crippen LogP contribution in [0.1, 0.15) is 13.3 Å². The van der Waals surface area contributed by atoms with Crippen LogP contribution in [-0.4, -0.2) is 35.7 Å². The molecule has 1 fully saturated rings. The molecule has 0 spiro atoms. The molecule has 0 saturated heterocycles. The minimum absolute atomic E-state index is 0.0895. The molecule has 0 aromatic heterocycles. The number of aliphatic hydroxyl groups is 2. The van der Waals surface area contributed by atoms with Crippen molar-refractivity contribution >= 4 is 5.97 Å². The molecule has 90 valence electrons. The van der Waals surface area contributed by atoms with Gasteiger partial charge in [0.05, 0.1) is 25.0 Å². The van der Waals surface area contributed by atoms with E-state index in [-0.39, 0.29) is 17.8 Å². The molecule has 2 aliphatic rings. The van der Waals surface area contributed by atoms with E-state index in [1.165, 1.54) is 13.4 Å². The summed E-state index contributed by atoms with van der Waals surface area (Å²) in [6, 6.07) is 0. The fraction of sp³-hybridized carbons (Fsp3) is 0.727. The van der Waals surface area contributed by atoms with E-state index < -0.39 is 18.4 Å². The number of ether oxygens (including phenoxy) is 2. The molecule has 0 amide bonds. The Morgan fingerprint density at radius 2 is 2.25 bits per heavy atom. The van der Waals surface area contributed by atoms with Crippen molar-refractivity contribution in [1.29, 1.82) is 0 Å². The van der Waals surface area contributed by atoms with Gasteiger partial charge in [-0.1, -0.05) is 6.92 Å². The molecule has 0 radical (unpaired) electrons. The van der Waals surface area contributed by atoms with Gasteiger partial charge in [0.15, 0.2) is 6.29 Å². The van der Waals surface area contributed by atoms with Crippen molar-refractivity contribution in [3.8, 4) is 0 Å². The molecule has 2 rings (SSSR count). The second-order valence-corrected chi connectivity index (χ2v) is 4.44. The predicted octanol–water partition coefficient (Wildman–Crippen LogP) is 0.0250. The molecular weight excluding hydrogens is 212 g/mol. The highest BCUT2D eigenvalue weighted by Gasteiger charge is 2.49. The summed E-state index contributed by atoms with van der Waals surface area (Å²) in [6.45, 7) is 1.85. The summed E-state index contributed by atoms with van der Waals surface area (Å²) >= 11 is 0. The molecule has 1 saturated carbocycles. The van der Waals surface area contributed by atoms with Crippen LogP contribution in [0.5, 0.6) is 0 Å². The third kappa shape index (κ3) is 1.60. The van der Waals surface area contributed by atoms with Crippen molar-refractivity contribution in [1.82, 2.24) is 0 Å². The Labute approximate surface area is 93.7 Å².